The molecule has 0 saturated heterocycles. The topological polar surface area (TPSA) is 45.2 Å². The van der Waals surface area contributed by atoms with E-state index in [0.29, 0.717) is 10.7 Å². The Kier molecular flexibility index (Phi) is 3.62. The van der Waals surface area contributed by atoms with Crippen molar-refractivity contribution >= 4 is 33.8 Å². The number of rotatable bonds is 4. The highest BCUT2D eigenvalue weighted by Crippen LogP contribution is 2.31. The fraction of sp³-hybridized carbons (Fsp3) is 0.231. The van der Waals surface area contributed by atoms with Crippen molar-refractivity contribution in [1.82, 2.24) is 4.98 Å². The van der Waals surface area contributed by atoms with Crippen molar-refractivity contribution in [2.75, 3.05) is 24.3 Å². The molecule has 0 unspecified atom stereocenters. The molecule has 0 fully saturated rings. The summed E-state index contributed by atoms with van der Waals surface area (Å²) < 4.78 is 0. The third kappa shape index (κ3) is 2.68. The van der Waals surface area contributed by atoms with Crippen LogP contribution in [-0.4, -0.2) is 24.9 Å². The standard InChI is InChI=1S/C13H15N3OS/c1-9(17)11-12(16(2)3)15-13(18-11)14-10-7-5-4-6-8-10/h4-8H,1-3H3,(H,14,15). The summed E-state index contributed by atoms with van der Waals surface area (Å²) in [5, 5.41) is 3.93. The Morgan fingerprint density at radius 2 is 1.94 bits per heavy atom. The Morgan fingerprint density at radius 3 is 2.44 bits per heavy atom. The van der Waals surface area contributed by atoms with Crippen LogP contribution in [0.4, 0.5) is 16.6 Å². The van der Waals surface area contributed by atoms with E-state index >= 15 is 0 Å². The first-order valence-corrected chi connectivity index (χ1v) is 6.40. The van der Waals surface area contributed by atoms with Gasteiger partial charge in [0.05, 0.1) is 0 Å². The molecule has 2 rings (SSSR count). The molecule has 0 radical (unpaired) electrons. The van der Waals surface area contributed by atoms with Crippen molar-refractivity contribution in [3.05, 3.63) is 35.2 Å². The summed E-state index contributed by atoms with van der Waals surface area (Å²) in [7, 11) is 3.77. The van der Waals surface area contributed by atoms with Crippen LogP contribution in [-0.2, 0) is 0 Å². The smallest absolute Gasteiger partial charge is 0.189 e. The van der Waals surface area contributed by atoms with E-state index < -0.39 is 0 Å². The van der Waals surface area contributed by atoms with Gasteiger partial charge in [-0.1, -0.05) is 29.5 Å². The predicted molar refractivity (Wildman–Crippen MR) is 76.2 cm³/mol. The first-order valence-electron chi connectivity index (χ1n) is 5.59. The van der Waals surface area contributed by atoms with Gasteiger partial charge >= 0.3 is 0 Å². The van der Waals surface area contributed by atoms with Gasteiger partial charge in [-0.15, -0.1) is 0 Å². The van der Waals surface area contributed by atoms with Crippen molar-refractivity contribution < 1.29 is 4.79 Å². The Balaban J connectivity index is 2.30. The molecule has 0 atom stereocenters. The van der Waals surface area contributed by atoms with Crippen LogP contribution in [0.25, 0.3) is 0 Å². The Bertz CT molecular complexity index is 549. The Hall–Kier alpha value is -1.88. The third-order valence-corrected chi connectivity index (χ3v) is 3.44. The van der Waals surface area contributed by atoms with E-state index in [1.807, 2.05) is 49.3 Å². The molecule has 94 valence electrons. The number of thiazole rings is 1. The van der Waals surface area contributed by atoms with Crippen molar-refractivity contribution in [3.63, 3.8) is 0 Å². The molecule has 1 N–H and O–H groups in total. The second-order valence-corrected chi connectivity index (χ2v) is 5.11. The molecule has 5 heteroatoms. The van der Waals surface area contributed by atoms with Gasteiger partial charge < -0.3 is 10.2 Å². The Morgan fingerprint density at radius 1 is 1.28 bits per heavy atom. The fourth-order valence-corrected chi connectivity index (χ4v) is 2.50. The maximum Gasteiger partial charge on any atom is 0.189 e. The van der Waals surface area contributed by atoms with Crippen LogP contribution >= 0.6 is 11.3 Å². The number of hydrogen-bond acceptors (Lipinski definition) is 5. The Labute approximate surface area is 110 Å². The third-order valence-electron chi connectivity index (χ3n) is 2.38. The molecule has 1 aromatic carbocycles. The number of nitrogens with one attached hydrogen (secondary N) is 1. The highest BCUT2D eigenvalue weighted by Gasteiger charge is 2.16. The van der Waals surface area contributed by atoms with Gasteiger partial charge in [-0.2, -0.15) is 0 Å². The molecule has 0 aliphatic rings. The zero-order valence-corrected chi connectivity index (χ0v) is 11.4. The first kappa shape index (κ1) is 12.6. The summed E-state index contributed by atoms with van der Waals surface area (Å²) in [6, 6.07) is 9.79. The van der Waals surface area contributed by atoms with Crippen molar-refractivity contribution in [2.24, 2.45) is 0 Å². The largest absolute Gasteiger partial charge is 0.361 e. The van der Waals surface area contributed by atoms with Crippen LogP contribution in [0.15, 0.2) is 30.3 Å². The van der Waals surface area contributed by atoms with E-state index in [1.54, 1.807) is 6.92 Å². The average Bonchev–Trinajstić information content (AvgIpc) is 2.74. The molecule has 0 spiro atoms. The minimum Gasteiger partial charge on any atom is -0.361 e. The normalized spacial score (nSPS) is 10.2. The molecular weight excluding hydrogens is 246 g/mol. The maximum absolute atomic E-state index is 11.6. The van der Waals surface area contributed by atoms with Crippen LogP contribution < -0.4 is 10.2 Å². The van der Waals surface area contributed by atoms with Crippen LogP contribution in [0.5, 0.6) is 0 Å². The fourth-order valence-electron chi connectivity index (χ4n) is 1.54. The minimum atomic E-state index is 0.0392. The van der Waals surface area contributed by atoms with Crippen LogP contribution in [0, 0.1) is 0 Å². The van der Waals surface area contributed by atoms with Crippen LogP contribution in [0.2, 0.25) is 0 Å². The lowest BCUT2D eigenvalue weighted by atomic mass is 10.3. The number of para-hydroxylation sites is 1. The molecule has 0 bridgehead atoms. The number of Topliss-reactive ketones (excluding diaryl/α,β-unsaturated/α-hetero) is 1. The van der Waals surface area contributed by atoms with E-state index in [4.69, 9.17) is 0 Å². The zero-order chi connectivity index (χ0) is 13.1. The number of hydrogen-bond donors (Lipinski definition) is 1. The lowest BCUT2D eigenvalue weighted by molar-refractivity contribution is 0.102. The minimum absolute atomic E-state index is 0.0392. The summed E-state index contributed by atoms with van der Waals surface area (Å²) >= 11 is 1.38. The second-order valence-electron chi connectivity index (χ2n) is 4.11. The molecule has 0 saturated carbocycles. The monoisotopic (exact) mass is 261 g/mol. The summed E-state index contributed by atoms with van der Waals surface area (Å²) in [6.07, 6.45) is 0. The molecule has 0 aliphatic heterocycles. The van der Waals surface area contributed by atoms with Crippen molar-refractivity contribution in [3.8, 4) is 0 Å². The summed E-state index contributed by atoms with van der Waals surface area (Å²) in [4.78, 5) is 18.5. The average molecular weight is 261 g/mol. The van der Waals surface area contributed by atoms with Gasteiger partial charge in [0.1, 0.15) is 4.88 Å². The van der Waals surface area contributed by atoms with Gasteiger partial charge in [0.15, 0.2) is 16.7 Å². The zero-order valence-electron chi connectivity index (χ0n) is 10.6. The van der Waals surface area contributed by atoms with Crippen LogP contribution in [0.3, 0.4) is 0 Å². The molecule has 2 aromatic rings. The number of carbonyl (C=O) groups excluding carboxylic acids is 1. The predicted octanol–water partition coefficient (Wildman–Crippen LogP) is 3.16. The molecule has 1 heterocycles. The number of benzene rings is 1. The number of aromatic nitrogens is 1. The number of carbonyl (C=O) groups is 1. The molecular formula is C13H15N3OS. The van der Waals surface area contributed by atoms with Gasteiger partial charge in [0, 0.05) is 26.7 Å². The van der Waals surface area contributed by atoms with Gasteiger partial charge in [-0.05, 0) is 12.1 Å². The lowest BCUT2D eigenvalue weighted by Crippen LogP contribution is -2.12. The summed E-state index contributed by atoms with van der Waals surface area (Å²) in [5.41, 5.74) is 0.964. The summed E-state index contributed by atoms with van der Waals surface area (Å²) in [6.45, 7) is 1.56. The van der Waals surface area contributed by atoms with Gasteiger partial charge in [0.2, 0.25) is 0 Å². The highest BCUT2D eigenvalue weighted by molar-refractivity contribution is 7.18. The number of nitrogens with zero attached hydrogens (tertiary/aromatic N) is 2. The highest BCUT2D eigenvalue weighted by atomic mass is 32.1. The van der Waals surface area contributed by atoms with E-state index in [-0.39, 0.29) is 5.78 Å². The molecule has 4 nitrogen and oxygen atoms in total. The van der Waals surface area contributed by atoms with Gasteiger partial charge in [0.25, 0.3) is 0 Å². The summed E-state index contributed by atoms with van der Waals surface area (Å²) in [5.74, 6) is 0.753. The quantitative estimate of drug-likeness (QED) is 0.859. The SMILES string of the molecule is CC(=O)c1sc(Nc2ccccc2)nc1N(C)C. The number of anilines is 3. The maximum atomic E-state index is 11.6. The van der Waals surface area contributed by atoms with E-state index in [1.165, 1.54) is 11.3 Å². The van der Waals surface area contributed by atoms with E-state index in [0.717, 1.165) is 10.8 Å². The number of ketones is 1. The lowest BCUT2D eigenvalue weighted by Gasteiger charge is -2.09. The molecule has 18 heavy (non-hydrogen) atoms. The van der Waals surface area contributed by atoms with Crippen LogP contribution in [0.1, 0.15) is 16.6 Å². The molecule has 0 aliphatic carbocycles. The first-order chi connectivity index (χ1) is 8.58. The van der Waals surface area contributed by atoms with E-state index in [2.05, 4.69) is 10.3 Å². The second kappa shape index (κ2) is 5.18. The van der Waals surface area contributed by atoms with Gasteiger partial charge in [-0.3, -0.25) is 4.79 Å². The van der Waals surface area contributed by atoms with Crippen molar-refractivity contribution in [2.45, 2.75) is 6.92 Å². The van der Waals surface area contributed by atoms with E-state index in [9.17, 15) is 4.79 Å². The van der Waals surface area contributed by atoms with Gasteiger partial charge in [-0.25, -0.2) is 4.98 Å². The molecule has 0 amide bonds. The van der Waals surface area contributed by atoms with Crippen molar-refractivity contribution in [1.29, 1.82) is 0 Å². The molecule has 1 aromatic heterocycles.